The van der Waals surface area contributed by atoms with E-state index >= 15 is 0 Å². The van der Waals surface area contributed by atoms with Crippen molar-refractivity contribution < 1.29 is 0 Å². The van der Waals surface area contributed by atoms with Crippen LogP contribution in [-0.2, 0) is 20.1 Å². The molecule has 3 heterocycles. The summed E-state index contributed by atoms with van der Waals surface area (Å²) in [6, 6.07) is 2.80. The highest BCUT2D eigenvalue weighted by molar-refractivity contribution is 7.71. The Kier molecular flexibility index (Phi) is 3.71. The SMILES string of the molecule is CC[C@@H]1c2ccsc2CCN1Cn1nc(C2CC2)n(C)c1=S. The Bertz CT molecular complexity index is 738. The zero-order valence-corrected chi connectivity index (χ0v) is 14.8. The molecule has 0 aromatic carbocycles. The number of hydrogen-bond donors (Lipinski definition) is 0. The summed E-state index contributed by atoms with van der Waals surface area (Å²) in [7, 11) is 2.06. The minimum atomic E-state index is 0.503. The summed E-state index contributed by atoms with van der Waals surface area (Å²) >= 11 is 7.51. The lowest BCUT2D eigenvalue weighted by Crippen LogP contribution is -2.36. The van der Waals surface area contributed by atoms with Crippen molar-refractivity contribution in [2.75, 3.05) is 6.54 Å². The van der Waals surface area contributed by atoms with E-state index < -0.39 is 0 Å². The monoisotopic (exact) mass is 334 g/mol. The van der Waals surface area contributed by atoms with Crippen LogP contribution in [0, 0.1) is 4.77 Å². The molecule has 1 aliphatic carbocycles. The molecule has 1 atom stereocenters. The van der Waals surface area contributed by atoms with Crippen molar-refractivity contribution in [2.45, 2.75) is 51.2 Å². The molecule has 6 heteroatoms. The van der Waals surface area contributed by atoms with Gasteiger partial charge in [0.2, 0.25) is 0 Å². The van der Waals surface area contributed by atoms with Gasteiger partial charge in [0.25, 0.3) is 0 Å². The molecule has 4 rings (SSSR count). The Morgan fingerprint density at radius 1 is 1.41 bits per heavy atom. The molecule has 0 N–H and O–H groups in total. The van der Waals surface area contributed by atoms with Crippen LogP contribution in [0.1, 0.15) is 54.4 Å². The second-order valence-electron chi connectivity index (χ2n) is 6.40. The van der Waals surface area contributed by atoms with Gasteiger partial charge >= 0.3 is 0 Å². The molecule has 1 saturated carbocycles. The van der Waals surface area contributed by atoms with Gasteiger partial charge in [-0.3, -0.25) is 4.90 Å². The Hall–Kier alpha value is -0.980. The van der Waals surface area contributed by atoms with Gasteiger partial charge in [-0.2, -0.15) is 5.10 Å². The van der Waals surface area contributed by atoms with Crippen LogP contribution in [0.5, 0.6) is 0 Å². The van der Waals surface area contributed by atoms with Crippen molar-refractivity contribution >= 4 is 23.6 Å². The molecule has 0 unspecified atom stereocenters. The molecule has 2 aromatic rings. The van der Waals surface area contributed by atoms with Crippen LogP contribution in [0.25, 0.3) is 0 Å². The normalized spacial score (nSPS) is 22.0. The van der Waals surface area contributed by atoms with E-state index in [1.807, 2.05) is 16.0 Å². The zero-order valence-electron chi connectivity index (χ0n) is 13.2. The van der Waals surface area contributed by atoms with E-state index in [2.05, 4.69) is 34.9 Å². The fraction of sp³-hybridized carbons (Fsp3) is 0.625. The van der Waals surface area contributed by atoms with Gasteiger partial charge in [0, 0.05) is 30.4 Å². The summed E-state index contributed by atoms with van der Waals surface area (Å²) in [5.74, 6) is 1.81. The molecule has 0 bridgehead atoms. The fourth-order valence-corrected chi connectivity index (χ4v) is 4.68. The van der Waals surface area contributed by atoms with Crippen LogP contribution >= 0.6 is 23.6 Å². The number of nitrogens with zero attached hydrogens (tertiary/aromatic N) is 4. The van der Waals surface area contributed by atoms with E-state index in [0.717, 1.165) is 30.8 Å². The van der Waals surface area contributed by atoms with Crippen LogP contribution < -0.4 is 0 Å². The summed E-state index contributed by atoms with van der Waals surface area (Å²) in [4.78, 5) is 4.10. The fourth-order valence-electron chi connectivity index (χ4n) is 3.56. The van der Waals surface area contributed by atoms with Crippen molar-refractivity contribution in [1.82, 2.24) is 19.2 Å². The van der Waals surface area contributed by atoms with E-state index in [1.54, 1.807) is 4.88 Å². The van der Waals surface area contributed by atoms with Gasteiger partial charge in [-0.25, -0.2) is 4.68 Å². The Morgan fingerprint density at radius 3 is 2.95 bits per heavy atom. The zero-order chi connectivity index (χ0) is 15.3. The topological polar surface area (TPSA) is 26.0 Å². The largest absolute Gasteiger partial charge is 0.307 e. The molecule has 4 nitrogen and oxygen atoms in total. The summed E-state index contributed by atoms with van der Waals surface area (Å²) in [5, 5.41) is 7.04. The van der Waals surface area contributed by atoms with Crippen LogP contribution in [-0.4, -0.2) is 25.8 Å². The third kappa shape index (κ3) is 2.37. The molecule has 0 spiro atoms. The van der Waals surface area contributed by atoms with Gasteiger partial charge in [0.15, 0.2) is 4.77 Å². The van der Waals surface area contributed by atoms with Crippen molar-refractivity contribution in [3.8, 4) is 0 Å². The van der Waals surface area contributed by atoms with E-state index in [-0.39, 0.29) is 0 Å². The standard InChI is InChI=1S/C16H22N4S2/c1-3-13-12-7-9-22-14(12)6-8-19(13)10-20-16(21)18(2)15(17-20)11-4-5-11/h7,9,11,13H,3-6,8,10H2,1-2H3/t13-/m1/s1. The summed E-state index contributed by atoms with van der Waals surface area (Å²) in [6.07, 6.45) is 4.82. The van der Waals surface area contributed by atoms with Gasteiger partial charge in [-0.1, -0.05) is 6.92 Å². The van der Waals surface area contributed by atoms with Gasteiger partial charge in [-0.15, -0.1) is 11.3 Å². The molecule has 0 radical (unpaired) electrons. The first-order chi connectivity index (χ1) is 10.7. The second-order valence-corrected chi connectivity index (χ2v) is 7.77. The minimum absolute atomic E-state index is 0.503. The summed E-state index contributed by atoms with van der Waals surface area (Å²) in [5.41, 5.74) is 1.52. The second kappa shape index (κ2) is 5.58. The van der Waals surface area contributed by atoms with E-state index in [1.165, 1.54) is 24.2 Å². The average Bonchev–Trinajstić information content (AvgIpc) is 3.19. The third-order valence-electron chi connectivity index (χ3n) is 4.93. The predicted molar refractivity (Wildman–Crippen MR) is 91.8 cm³/mol. The van der Waals surface area contributed by atoms with E-state index in [0.29, 0.717) is 12.0 Å². The van der Waals surface area contributed by atoms with E-state index in [4.69, 9.17) is 17.3 Å². The quantitative estimate of drug-likeness (QED) is 0.794. The maximum atomic E-state index is 5.60. The Morgan fingerprint density at radius 2 is 2.23 bits per heavy atom. The number of hydrogen-bond acceptors (Lipinski definition) is 4. The Labute approximate surface area is 140 Å². The molecular formula is C16H22N4S2. The number of fused-ring (bicyclic) bond motifs is 1. The minimum Gasteiger partial charge on any atom is -0.307 e. The van der Waals surface area contributed by atoms with Crippen LogP contribution in [0.3, 0.4) is 0 Å². The highest BCUT2D eigenvalue weighted by Crippen LogP contribution is 2.39. The van der Waals surface area contributed by atoms with E-state index in [9.17, 15) is 0 Å². The number of aromatic nitrogens is 3. The molecule has 2 aliphatic rings. The summed E-state index contributed by atoms with van der Waals surface area (Å²) < 4.78 is 4.99. The van der Waals surface area contributed by atoms with Crippen molar-refractivity contribution in [2.24, 2.45) is 7.05 Å². The van der Waals surface area contributed by atoms with Crippen molar-refractivity contribution in [3.63, 3.8) is 0 Å². The number of rotatable bonds is 4. The van der Waals surface area contributed by atoms with Crippen LogP contribution in [0.4, 0.5) is 0 Å². The molecular weight excluding hydrogens is 312 g/mol. The van der Waals surface area contributed by atoms with Gasteiger partial charge in [-0.05, 0) is 54.9 Å². The predicted octanol–water partition coefficient (Wildman–Crippen LogP) is 3.86. The maximum absolute atomic E-state index is 5.60. The molecule has 1 fully saturated rings. The van der Waals surface area contributed by atoms with Gasteiger partial charge < -0.3 is 4.57 Å². The average molecular weight is 335 g/mol. The first-order valence-electron chi connectivity index (χ1n) is 8.13. The lowest BCUT2D eigenvalue weighted by Gasteiger charge is -2.35. The number of thiophene rings is 1. The van der Waals surface area contributed by atoms with Crippen LogP contribution in [0.15, 0.2) is 11.4 Å². The first kappa shape index (κ1) is 14.6. The van der Waals surface area contributed by atoms with Gasteiger partial charge in [0.05, 0.1) is 6.67 Å². The third-order valence-corrected chi connectivity index (χ3v) is 6.41. The maximum Gasteiger partial charge on any atom is 0.198 e. The molecule has 0 amide bonds. The van der Waals surface area contributed by atoms with Crippen LogP contribution in [0.2, 0.25) is 0 Å². The molecule has 2 aromatic heterocycles. The first-order valence-corrected chi connectivity index (χ1v) is 9.42. The molecule has 22 heavy (non-hydrogen) atoms. The molecule has 0 saturated heterocycles. The molecule has 118 valence electrons. The summed E-state index contributed by atoms with van der Waals surface area (Å²) in [6.45, 7) is 4.19. The lowest BCUT2D eigenvalue weighted by atomic mass is 9.98. The van der Waals surface area contributed by atoms with Gasteiger partial charge in [0.1, 0.15) is 5.82 Å². The Balaban J connectivity index is 1.61. The highest BCUT2D eigenvalue weighted by Gasteiger charge is 2.31. The highest BCUT2D eigenvalue weighted by atomic mass is 32.1. The molecule has 1 aliphatic heterocycles. The van der Waals surface area contributed by atoms with Crippen molar-refractivity contribution in [1.29, 1.82) is 0 Å². The van der Waals surface area contributed by atoms with Crippen molar-refractivity contribution in [3.05, 3.63) is 32.5 Å². The lowest BCUT2D eigenvalue weighted by molar-refractivity contribution is 0.129. The smallest absolute Gasteiger partial charge is 0.198 e.